The molecular formula is C14H15N7. The quantitative estimate of drug-likeness (QED) is 0.765. The van der Waals surface area contributed by atoms with Crippen LogP contribution in [0.2, 0.25) is 0 Å². The molecule has 1 atom stereocenters. The predicted octanol–water partition coefficient (Wildman–Crippen LogP) is 1.44. The summed E-state index contributed by atoms with van der Waals surface area (Å²) in [5.41, 5.74) is 7.46. The lowest BCUT2D eigenvalue weighted by Crippen LogP contribution is -2.25. The van der Waals surface area contributed by atoms with Gasteiger partial charge < -0.3 is 10.6 Å². The number of hydrogen-bond acceptors (Lipinski definition) is 6. The lowest BCUT2D eigenvalue weighted by atomic mass is 10.1. The van der Waals surface area contributed by atoms with Crippen LogP contribution in [0.25, 0.3) is 5.65 Å². The van der Waals surface area contributed by atoms with Gasteiger partial charge >= 0.3 is 0 Å². The second kappa shape index (κ2) is 4.69. The van der Waals surface area contributed by atoms with Crippen LogP contribution in [-0.4, -0.2) is 31.1 Å². The fourth-order valence-electron chi connectivity index (χ4n) is 2.92. The van der Waals surface area contributed by atoms with Crippen molar-refractivity contribution in [2.75, 3.05) is 17.2 Å². The summed E-state index contributed by atoms with van der Waals surface area (Å²) in [7, 11) is 0. The van der Waals surface area contributed by atoms with Crippen LogP contribution in [0.4, 0.5) is 11.8 Å². The van der Waals surface area contributed by atoms with Crippen molar-refractivity contribution in [2.24, 2.45) is 0 Å². The van der Waals surface area contributed by atoms with Gasteiger partial charge in [0.1, 0.15) is 0 Å². The number of nitrogens with zero attached hydrogens (tertiary/aromatic N) is 6. The zero-order chi connectivity index (χ0) is 14.2. The molecule has 0 aliphatic carbocycles. The van der Waals surface area contributed by atoms with Crippen molar-refractivity contribution < 1.29 is 0 Å². The smallest absolute Gasteiger partial charge is 0.240 e. The van der Waals surface area contributed by atoms with Crippen LogP contribution in [-0.2, 0) is 0 Å². The summed E-state index contributed by atoms with van der Waals surface area (Å²) in [6, 6.07) is 6.23. The Kier molecular flexibility index (Phi) is 2.70. The van der Waals surface area contributed by atoms with Crippen molar-refractivity contribution in [1.29, 1.82) is 0 Å². The van der Waals surface area contributed by atoms with Crippen LogP contribution in [0.1, 0.15) is 24.6 Å². The Labute approximate surface area is 121 Å². The molecule has 4 rings (SSSR count). The van der Waals surface area contributed by atoms with Crippen LogP contribution in [0, 0.1) is 0 Å². The number of hydrogen-bond donors (Lipinski definition) is 1. The third-order valence-corrected chi connectivity index (χ3v) is 3.81. The van der Waals surface area contributed by atoms with Crippen molar-refractivity contribution >= 4 is 17.4 Å². The molecule has 0 saturated carbocycles. The van der Waals surface area contributed by atoms with E-state index in [9.17, 15) is 0 Å². The first-order valence-electron chi connectivity index (χ1n) is 6.97. The maximum absolute atomic E-state index is 5.70. The Morgan fingerprint density at radius 1 is 1.19 bits per heavy atom. The lowest BCUT2D eigenvalue weighted by Gasteiger charge is -2.25. The number of fused-ring (bicyclic) bond motifs is 1. The molecule has 2 N–H and O–H groups in total. The van der Waals surface area contributed by atoms with Gasteiger partial charge in [-0.05, 0) is 25.0 Å². The van der Waals surface area contributed by atoms with E-state index in [4.69, 9.17) is 5.73 Å². The van der Waals surface area contributed by atoms with E-state index in [1.54, 1.807) is 16.9 Å². The Morgan fingerprint density at radius 3 is 3.00 bits per heavy atom. The molecule has 21 heavy (non-hydrogen) atoms. The Balaban J connectivity index is 1.80. The summed E-state index contributed by atoms with van der Waals surface area (Å²) in [5, 5.41) is 4.14. The average Bonchev–Trinajstić information content (AvgIpc) is 3.12. The Morgan fingerprint density at radius 2 is 2.14 bits per heavy atom. The minimum absolute atomic E-state index is 0.225. The van der Waals surface area contributed by atoms with Crippen LogP contribution in [0.5, 0.6) is 0 Å². The molecule has 0 spiro atoms. The molecule has 4 heterocycles. The zero-order valence-electron chi connectivity index (χ0n) is 11.4. The Hall–Kier alpha value is -2.70. The topological polar surface area (TPSA) is 85.2 Å². The first-order chi connectivity index (χ1) is 10.3. The third-order valence-electron chi connectivity index (χ3n) is 3.81. The van der Waals surface area contributed by atoms with Gasteiger partial charge in [-0.1, -0.05) is 6.07 Å². The summed E-state index contributed by atoms with van der Waals surface area (Å²) in [4.78, 5) is 15.5. The lowest BCUT2D eigenvalue weighted by molar-refractivity contribution is 0.687. The van der Waals surface area contributed by atoms with E-state index in [0.29, 0.717) is 5.65 Å². The summed E-state index contributed by atoms with van der Waals surface area (Å²) < 4.78 is 1.67. The van der Waals surface area contributed by atoms with Gasteiger partial charge in [-0.25, -0.2) is 9.50 Å². The van der Waals surface area contributed by atoms with E-state index in [-0.39, 0.29) is 12.0 Å². The van der Waals surface area contributed by atoms with Crippen molar-refractivity contribution in [2.45, 2.75) is 18.9 Å². The van der Waals surface area contributed by atoms with E-state index in [1.807, 2.05) is 18.3 Å². The number of nitrogens with two attached hydrogens (primary N) is 1. The maximum atomic E-state index is 5.70. The predicted molar refractivity (Wildman–Crippen MR) is 78.8 cm³/mol. The highest BCUT2D eigenvalue weighted by molar-refractivity contribution is 5.66. The normalized spacial score (nSPS) is 18.5. The van der Waals surface area contributed by atoms with E-state index < -0.39 is 0 Å². The molecule has 3 aromatic rings. The van der Waals surface area contributed by atoms with E-state index in [1.165, 1.54) is 0 Å². The van der Waals surface area contributed by atoms with Crippen molar-refractivity contribution in [1.82, 2.24) is 24.6 Å². The summed E-state index contributed by atoms with van der Waals surface area (Å²) in [5.74, 6) is 1.08. The summed E-state index contributed by atoms with van der Waals surface area (Å²) in [6.07, 6.45) is 7.48. The largest absolute Gasteiger partial charge is 0.366 e. The van der Waals surface area contributed by atoms with Gasteiger partial charge in [0.15, 0.2) is 11.5 Å². The molecule has 1 saturated heterocycles. The number of anilines is 2. The fourth-order valence-corrected chi connectivity index (χ4v) is 2.92. The highest BCUT2D eigenvalue weighted by Gasteiger charge is 2.30. The molecule has 106 valence electrons. The molecule has 7 nitrogen and oxygen atoms in total. The zero-order valence-corrected chi connectivity index (χ0v) is 11.4. The maximum Gasteiger partial charge on any atom is 0.240 e. The molecule has 0 bridgehead atoms. The highest BCUT2D eigenvalue weighted by Crippen LogP contribution is 2.35. The van der Waals surface area contributed by atoms with Crippen molar-refractivity contribution in [3.8, 4) is 0 Å². The molecule has 0 amide bonds. The van der Waals surface area contributed by atoms with Crippen molar-refractivity contribution in [3.05, 3.63) is 42.5 Å². The van der Waals surface area contributed by atoms with Gasteiger partial charge in [0, 0.05) is 25.1 Å². The average molecular weight is 281 g/mol. The van der Waals surface area contributed by atoms with Crippen molar-refractivity contribution in [3.63, 3.8) is 0 Å². The van der Waals surface area contributed by atoms with Gasteiger partial charge in [-0.2, -0.15) is 4.98 Å². The summed E-state index contributed by atoms with van der Waals surface area (Å²) >= 11 is 0. The molecule has 7 heteroatoms. The minimum Gasteiger partial charge on any atom is -0.366 e. The standard InChI is InChI=1S/C14H15N7/c15-14-18-13-12(17-7-9-21(13)19-14)20-8-3-5-11(20)10-4-1-2-6-16-10/h1-2,4,6-7,9,11H,3,5,8H2,(H2,15,19)/t11-/m0/s1. The summed E-state index contributed by atoms with van der Waals surface area (Å²) in [6.45, 7) is 0.931. The van der Waals surface area contributed by atoms with Gasteiger partial charge in [0.25, 0.3) is 0 Å². The van der Waals surface area contributed by atoms with Gasteiger partial charge in [-0.3, -0.25) is 4.98 Å². The number of nitrogen functional groups attached to an aromatic ring is 1. The number of rotatable bonds is 2. The molecule has 3 aromatic heterocycles. The van der Waals surface area contributed by atoms with E-state index in [2.05, 4.69) is 31.0 Å². The molecular weight excluding hydrogens is 266 g/mol. The van der Waals surface area contributed by atoms with Crippen LogP contribution in [0.15, 0.2) is 36.8 Å². The molecule has 1 fully saturated rings. The van der Waals surface area contributed by atoms with Gasteiger partial charge in [0.2, 0.25) is 5.95 Å². The van der Waals surface area contributed by atoms with Gasteiger partial charge in [-0.15, -0.1) is 5.10 Å². The number of aromatic nitrogens is 5. The first-order valence-corrected chi connectivity index (χ1v) is 6.97. The first kappa shape index (κ1) is 12.1. The van der Waals surface area contributed by atoms with Crippen LogP contribution < -0.4 is 10.6 Å². The monoisotopic (exact) mass is 281 g/mol. The molecule has 0 radical (unpaired) electrons. The Bertz CT molecular complexity index is 767. The van der Waals surface area contributed by atoms with Crippen LogP contribution in [0.3, 0.4) is 0 Å². The van der Waals surface area contributed by atoms with E-state index in [0.717, 1.165) is 30.9 Å². The molecule has 0 aromatic carbocycles. The molecule has 0 unspecified atom stereocenters. The molecule has 1 aliphatic rings. The number of pyridine rings is 1. The van der Waals surface area contributed by atoms with Gasteiger partial charge in [0.05, 0.1) is 11.7 Å². The van der Waals surface area contributed by atoms with Crippen LogP contribution >= 0.6 is 0 Å². The SMILES string of the molecule is Nc1nc2c(N3CCC[C@H]3c3ccccn3)nccn2n1. The third kappa shape index (κ3) is 1.97. The van der Waals surface area contributed by atoms with E-state index >= 15 is 0 Å². The second-order valence-corrected chi connectivity index (χ2v) is 5.10. The minimum atomic E-state index is 0.225. The molecule has 1 aliphatic heterocycles. The highest BCUT2D eigenvalue weighted by atomic mass is 15.4. The second-order valence-electron chi connectivity index (χ2n) is 5.10. The fraction of sp³-hybridized carbons (Fsp3) is 0.286.